The molecule has 0 amide bonds. The van der Waals surface area contributed by atoms with Crippen molar-refractivity contribution in [2.45, 2.75) is 33.9 Å². The molecule has 0 aliphatic heterocycles. The molecule has 0 saturated heterocycles. The maximum atomic E-state index is 3.35. The Bertz CT molecular complexity index is 925. The average Bonchev–Trinajstić information content (AvgIpc) is 3.06. The third-order valence-electron chi connectivity index (χ3n) is 4.95. The number of nitrogens with one attached hydrogen (secondary N) is 1. The van der Waals surface area contributed by atoms with Crippen LogP contribution in [0.1, 0.15) is 32.0 Å². The fraction of sp³-hybridized carbons (Fsp3) is 0.333. The number of rotatable bonds is 7. The van der Waals surface area contributed by atoms with Crippen LogP contribution in [0.2, 0.25) is 0 Å². The van der Waals surface area contributed by atoms with Gasteiger partial charge in [-0.25, -0.2) is 0 Å². The molecule has 0 aliphatic rings. The molecule has 3 heteroatoms. The van der Waals surface area contributed by atoms with Gasteiger partial charge in [0.1, 0.15) is 0 Å². The predicted octanol–water partition coefficient (Wildman–Crippen LogP) is 4.97. The molecule has 0 atom stereocenters. The zero-order valence-corrected chi connectivity index (χ0v) is 16.6. The van der Waals surface area contributed by atoms with Crippen molar-refractivity contribution in [2.24, 2.45) is 0 Å². The number of benzene rings is 2. The number of aromatic nitrogens is 1. The quantitative estimate of drug-likeness (QED) is 0.601. The minimum atomic E-state index is 0.641. The molecule has 3 aromatic rings. The number of aryl methyl sites for hydroxylation is 1. The normalized spacial score (nSPS) is 10.8. The molecule has 1 heterocycles. The lowest BCUT2D eigenvalue weighted by Gasteiger charge is -2.18. The zero-order valence-electron chi connectivity index (χ0n) is 16.6. The van der Waals surface area contributed by atoms with E-state index in [4.69, 9.17) is 0 Å². The van der Waals surface area contributed by atoms with Crippen molar-refractivity contribution in [2.75, 3.05) is 25.0 Å². The summed E-state index contributed by atoms with van der Waals surface area (Å²) >= 11 is 0. The molecular formula is C24H29N3. The van der Waals surface area contributed by atoms with Crippen molar-refractivity contribution in [1.82, 2.24) is 9.47 Å². The Morgan fingerprint density at radius 3 is 2.44 bits per heavy atom. The molecule has 0 fully saturated rings. The first-order chi connectivity index (χ1) is 13.2. The SMILES string of the molecule is CCN(CC)Cc1ccc2c(c1)cc(C#CCNc1ccccc1)n2CC. The largest absolute Gasteiger partial charge is 0.374 e. The van der Waals surface area contributed by atoms with Gasteiger partial charge >= 0.3 is 0 Å². The van der Waals surface area contributed by atoms with Crippen LogP contribution in [0.25, 0.3) is 10.9 Å². The van der Waals surface area contributed by atoms with E-state index in [2.05, 4.69) is 83.8 Å². The van der Waals surface area contributed by atoms with Gasteiger partial charge in [-0.3, -0.25) is 4.90 Å². The number of para-hydroxylation sites is 1. The summed E-state index contributed by atoms with van der Waals surface area (Å²) in [5.74, 6) is 6.61. The van der Waals surface area contributed by atoms with Crippen LogP contribution >= 0.6 is 0 Å². The highest BCUT2D eigenvalue weighted by Crippen LogP contribution is 2.22. The number of nitrogens with zero attached hydrogens (tertiary/aromatic N) is 2. The smallest absolute Gasteiger partial charge is 0.0931 e. The standard InChI is InChI=1S/C24H29N3/c1-4-26(5-2)19-20-14-15-24-21(17-20)18-23(27(24)6-3)13-10-16-25-22-11-8-7-9-12-22/h7-9,11-12,14-15,17-18,25H,4-6,16,19H2,1-3H3. The molecular weight excluding hydrogens is 330 g/mol. The van der Waals surface area contributed by atoms with Crippen molar-refractivity contribution in [1.29, 1.82) is 0 Å². The van der Waals surface area contributed by atoms with E-state index >= 15 is 0 Å². The molecule has 0 aliphatic carbocycles. The van der Waals surface area contributed by atoms with Gasteiger partial charge in [0.2, 0.25) is 0 Å². The molecule has 0 saturated carbocycles. The van der Waals surface area contributed by atoms with Gasteiger partial charge in [-0.15, -0.1) is 0 Å². The summed E-state index contributed by atoms with van der Waals surface area (Å²) in [5, 5.41) is 4.62. The predicted molar refractivity (Wildman–Crippen MR) is 116 cm³/mol. The van der Waals surface area contributed by atoms with Crippen LogP contribution in [-0.2, 0) is 13.1 Å². The summed E-state index contributed by atoms with van der Waals surface area (Å²) in [6.45, 7) is 11.3. The van der Waals surface area contributed by atoms with Gasteiger partial charge in [0.15, 0.2) is 0 Å². The van der Waals surface area contributed by atoms with E-state index in [1.165, 1.54) is 16.5 Å². The Labute approximate surface area is 163 Å². The fourth-order valence-corrected chi connectivity index (χ4v) is 3.41. The number of anilines is 1. The van der Waals surface area contributed by atoms with Crippen LogP contribution in [-0.4, -0.2) is 29.1 Å². The van der Waals surface area contributed by atoms with E-state index in [-0.39, 0.29) is 0 Å². The Morgan fingerprint density at radius 2 is 1.74 bits per heavy atom. The minimum Gasteiger partial charge on any atom is -0.374 e. The van der Waals surface area contributed by atoms with E-state index < -0.39 is 0 Å². The minimum absolute atomic E-state index is 0.641. The van der Waals surface area contributed by atoms with Crippen molar-refractivity contribution in [3.05, 3.63) is 65.9 Å². The summed E-state index contributed by atoms with van der Waals surface area (Å²) in [6.07, 6.45) is 0. The molecule has 1 aromatic heterocycles. The second kappa shape index (κ2) is 9.30. The van der Waals surface area contributed by atoms with Crippen molar-refractivity contribution < 1.29 is 0 Å². The topological polar surface area (TPSA) is 20.2 Å². The molecule has 0 unspecified atom stereocenters. The highest BCUT2D eigenvalue weighted by Gasteiger charge is 2.08. The Hall–Kier alpha value is -2.70. The van der Waals surface area contributed by atoms with Gasteiger partial charge in [-0.2, -0.15) is 0 Å². The van der Waals surface area contributed by atoms with Gasteiger partial charge in [-0.05, 0) is 61.8 Å². The van der Waals surface area contributed by atoms with Crippen LogP contribution in [0.15, 0.2) is 54.6 Å². The van der Waals surface area contributed by atoms with Gasteiger partial charge in [0, 0.05) is 29.7 Å². The summed E-state index contributed by atoms with van der Waals surface area (Å²) in [4.78, 5) is 2.44. The van der Waals surface area contributed by atoms with E-state index in [0.29, 0.717) is 6.54 Å². The first kappa shape index (κ1) is 19.1. The summed E-state index contributed by atoms with van der Waals surface area (Å²) < 4.78 is 2.30. The molecule has 3 nitrogen and oxygen atoms in total. The molecule has 0 radical (unpaired) electrons. The molecule has 0 spiro atoms. The first-order valence-electron chi connectivity index (χ1n) is 9.87. The van der Waals surface area contributed by atoms with E-state index in [0.717, 1.165) is 37.6 Å². The van der Waals surface area contributed by atoms with E-state index in [1.54, 1.807) is 0 Å². The van der Waals surface area contributed by atoms with E-state index in [9.17, 15) is 0 Å². The Balaban J connectivity index is 1.78. The van der Waals surface area contributed by atoms with Gasteiger partial charge in [0.05, 0.1) is 12.2 Å². The zero-order chi connectivity index (χ0) is 19.1. The van der Waals surface area contributed by atoms with Crippen molar-refractivity contribution in [3.63, 3.8) is 0 Å². The second-order valence-electron chi connectivity index (χ2n) is 6.65. The Morgan fingerprint density at radius 1 is 0.963 bits per heavy atom. The number of hydrogen-bond acceptors (Lipinski definition) is 2. The van der Waals surface area contributed by atoms with Gasteiger partial charge in [0.25, 0.3) is 0 Å². The summed E-state index contributed by atoms with van der Waals surface area (Å²) in [6, 6.07) is 19.2. The lowest BCUT2D eigenvalue weighted by Crippen LogP contribution is -2.21. The van der Waals surface area contributed by atoms with Gasteiger partial charge < -0.3 is 9.88 Å². The highest BCUT2D eigenvalue weighted by molar-refractivity contribution is 5.83. The fourth-order valence-electron chi connectivity index (χ4n) is 3.41. The average molecular weight is 360 g/mol. The van der Waals surface area contributed by atoms with Gasteiger partial charge in [-0.1, -0.05) is 44.0 Å². The third kappa shape index (κ3) is 4.72. The molecule has 27 heavy (non-hydrogen) atoms. The molecule has 140 valence electrons. The first-order valence-corrected chi connectivity index (χ1v) is 9.87. The number of fused-ring (bicyclic) bond motifs is 1. The van der Waals surface area contributed by atoms with Crippen molar-refractivity contribution >= 4 is 16.6 Å². The second-order valence-corrected chi connectivity index (χ2v) is 6.65. The van der Waals surface area contributed by atoms with Crippen LogP contribution in [0, 0.1) is 11.8 Å². The van der Waals surface area contributed by atoms with E-state index in [1.807, 2.05) is 18.2 Å². The van der Waals surface area contributed by atoms with Crippen LogP contribution in [0.5, 0.6) is 0 Å². The lowest BCUT2D eigenvalue weighted by atomic mass is 10.1. The molecule has 1 N–H and O–H groups in total. The number of hydrogen-bond donors (Lipinski definition) is 1. The maximum absolute atomic E-state index is 3.35. The molecule has 2 aromatic carbocycles. The molecule has 0 bridgehead atoms. The van der Waals surface area contributed by atoms with Crippen molar-refractivity contribution in [3.8, 4) is 11.8 Å². The van der Waals surface area contributed by atoms with Crippen LogP contribution in [0.4, 0.5) is 5.69 Å². The molecule has 3 rings (SSSR count). The van der Waals surface area contributed by atoms with Crippen LogP contribution < -0.4 is 5.32 Å². The Kier molecular flexibility index (Phi) is 6.57. The highest BCUT2D eigenvalue weighted by atomic mass is 15.1. The lowest BCUT2D eigenvalue weighted by molar-refractivity contribution is 0.296. The maximum Gasteiger partial charge on any atom is 0.0931 e. The summed E-state index contributed by atoms with van der Waals surface area (Å²) in [5.41, 5.74) is 4.82. The monoisotopic (exact) mass is 359 g/mol. The van der Waals surface area contributed by atoms with Crippen LogP contribution in [0.3, 0.4) is 0 Å². The summed E-state index contributed by atoms with van der Waals surface area (Å²) in [7, 11) is 0. The third-order valence-corrected chi connectivity index (χ3v) is 4.95.